The van der Waals surface area contributed by atoms with Crippen molar-refractivity contribution in [3.63, 3.8) is 0 Å². The van der Waals surface area contributed by atoms with Gasteiger partial charge >= 0.3 is 5.69 Å². The lowest BCUT2D eigenvalue weighted by atomic mass is 10.1. The van der Waals surface area contributed by atoms with E-state index >= 15 is 0 Å². The van der Waals surface area contributed by atoms with Crippen LogP contribution in [0.1, 0.15) is 12.5 Å². The molecule has 0 radical (unpaired) electrons. The standard InChI is InChI=1S/C28H28N4O5/c1-2-37-22-14-12-21(13-15-22)30-26(34)19-31-24-11-7-6-10-23(24)27(35)32(28(31)36)18-25(33)29-17-16-20-8-4-3-5-9-20/h3-15H,2,16-19H2,1H3,(H,29,33)(H,30,34). The van der Waals surface area contributed by atoms with Crippen LogP contribution in [0.4, 0.5) is 5.69 Å². The van der Waals surface area contributed by atoms with E-state index in [9.17, 15) is 19.2 Å². The van der Waals surface area contributed by atoms with Gasteiger partial charge in [0, 0.05) is 12.2 Å². The molecular weight excluding hydrogens is 472 g/mol. The molecule has 0 fully saturated rings. The van der Waals surface area contributed by atoms with E-state index in [2.05, 4.69) is 10.6 Å². The number of rotatable bonds is 10. The molecule has 4 rings (SSSR count). The average molecular weight is 501 g/mol. The smallest absolute Gasteiger partial charge is 0.332 e. The van der Waals surface area contributed by atoms with Crippen LogP contribution in [0.2, 0.25) is 0 Å². The first-order chi connectivity index (χ1) is 18.0. The number of benzene rings is 3. The Labute approximate surface area is 213 Å². The SMILES string of the molecule is CCOc1ccc(NC(=O)Cn2c(=O)n(CC(=O)NCCc3ccccc3)c(=O)c3ccccc32)cc1. The summed E-state index contributed by atoms with van der Waals surface area (Å²) in [5.74, 6) is -0.235. The van der Waals surface area contributed by atoms with Gasteiger partial charge < -0.3 is 15.4 Å². The van der Waals surface area contributed by atoms with Gasteiger partial charge in [0.25, 0.3) is 5.56 Å². The zero-order chi connectivity index (χ0) is 26.2. The lowest BCUT2D eigenvalue weighted by Gasteiger charge is -2.14. The molecule has 37 heavy (non-hydrogen) atoms. The van der Waals surface area contributed by atoms with E-state index in [1.165, 1.54) is 4.57 Å². The first-order valence-electron chi connectivity index (χ1n) is 12.0. The van der Waals surface area contributed by atoms with Crippen molar-refractivity contribution in [1.82, 2.24) is 14.5 Å². The second kappa shape index (κ2) is 11.9. The zero-order valence-corrected chi connectivity index (χ0v) is 20.5. The van der Waals surface area contributed by atoms with Crippen LogP contribution in [-0.4, -0.2) is 34.1 Å². The summed E-state index contributed by atoms with van der Waals surface area (Å²) in [5.41, 5.74) is 0.606. The van der Waals surface area contributed by atoms with Gasteiger partial charge in [-0.2, -0.15) is 0 Å². The van der Waals surface area contributed by atoms with Gasteiger partial charge in [0.05, 0.1) is 17.5 Å². The first-order valence-corrected chi connectivity index (χ1v) is 12.0. The Morgan fingerprint density at radius 1 is 0.811 bits per heavy atom. The second-order valence-electron chi connectivity index (χ2n) is 8.37. The molecule has 0 bridgehead atoms. The van der Waals surface area contributed by atoms with Crippen molar-refractivity contribution in [3.8, 4) is 5.75 Å². The summed E-state index contributed by atoms with van der Waals surface area (Å²) in [4.78, 5) is 51.7. The number of hydrogen-bond donors (Lipinski definition) is 2. The number of hydrogen-bond acceptors (Lipinski definition) is 5. The van der Waals surface area contributed by atoms with E-state index in [4.69, 9.17) is 4.74 Å². The summed E-state index contributed by atoms with van der Waals surface area (Å²) in [6.45, 7) is 2.00. The number of nitrogens with zero attached hydrogens (tertiary/aromatic N) is 2. The van der Waals surface area contributed by atoms with Crippen molar-refractivity contribution in [2.75, 3.05) is 18.5 Å². The van der Waals surface area contributed by atoms with Crippen LogP contribution in [0.15, 0.2) is 88.5 Å². The molecule has 0 aliphatic rings. The van der Waals surface area contributed by atoms with Crippen LogP contribution in [0.3, 0.4) is 0 Å². The molecular formula is C28H28N4O5. The van der Waals surface area contributed by atoms with Crippen LogP contribution in [0, 0.1) is 0 Å². The third kappa shape index (κ3) is 6.32. The summed E-state index contributed by atoms with van der Waals surface area (Å²) < 4.78 is 7.48. The molecule has 1 aromatic heterocycles. The molecule has 190 valence electrons. The fraction of sp³-hybridized carbons (Fsp3) is 0.214. The quantitative estimate of drug-likeness (QED) is 0.348. The highest BCUT2D eigenvalue weighted by Crippen LogP contribution is 2.16. The Kier molecular flexibility index (Phi) is 8.15. The highest BCUT2D eigenvalue weighted by atomic mass is 16.5. The fourth-order valence-corrected chi connectivity index (χ4v) is 4.00. The number of amides is 2. The summed E-state index contributed by atoms with van der Waals surface area (Å²) in [7, 11) is 0. The minimum atomic E-state index is -0.733. The number of fused-ring (bicyclic) bond motifs is 1. The number of carbonyl (C=O) groups excluding carboxylic acids is 2. The molecule has 9 heteroatoms. The van der Waals surface area contributed by atoms with Gasteiger partial charge in [0.1, 0.15) is 18.8 Å². The molecule has 3 aromatic carbocycles. The number of nitrogens with one attached hydrogen (secondary N) is 2. The van der Waals surface area contributed by atoms with Gasteiger partial charge in [-0.05, 0) is 55.3 Å². The van der Waals surface area contributed by atoms with Crippen molar-refractivity contribution >= 4 is 28.4 Å². The maximum Gasteiger partial charge on any atom is 0.332 e. The maximum atomic E-state index is 13.3. The Bertz CT molecular complexity index is 1510. The second-order valence-corrected chi connectivity index (χ2v) is 8.37. The molecule has 9 nitrogen and oxygen atoms in total. The zero-order valence-electron chi connectivity index (χ0n) is 20.5. The maximum absolute atomic E-state index is 13.3. The van der Waals surface area contributed by atoms with Crippen molar-refractivity contribution in [2.24, 2.45) is 0 Å². The van der Waals surface area contributed by atoms with Crippen molar-refractivity contribution in [2.45, 2.75) is 26.4 Å². The van der Waals surface area contributed by atoms with E-state index < -0.39 is 29.6 Å². The molecule has 0 saturated heterocycles. The minimum Gasteiger partial charge on any atom is -0.494 e. The normalized spacial score (nSPS) is 10.7. The lowest BCUT2D eigenvalue weighted by Crippen LogP contribution is -2.45. The number of carbonyl (C=O) groups is 2. The highest BCUT2D eigenvalue weighted by molar-refractivity contribution is 5.91. The largest absolute Gasteiger partial charge is 0.494 e. The Hall–Kier alpha value is -4.66. The summed E-state index contributed by atoms with van der Waals surface area (Å²) in [6.07, 6.45) is 0.620. The molecule has 2 amide bonds. The van der Waals surface area contributed by atoms with Crippen molar-refractivity contribution < 1.29 is 14.3 Å². The summed E-state index contributed by atoms with van der Waals surface area (Å²) in [6, 6.07) is 23.1. The van der Waals surface area contributed by atoms with Gasteiger partial charge in [-0.15, -0.1) is 0 Å². The summed E-state index contributed by atoms with van der Waals surface area (Å²) in [5, 5.41) is 5.74. The van der Waals surface area contributed by atoms with E-state index in [1.54, 1.807) is 48.5 Å². The van der Waals surface area contributed by atoms with Crippen LogP contribution >= 0.6 is 0 Å². The number of aromatic nitrogens is 2. The van der Waals surface area contributed by atoms with E-state index in [-0.39, 0.29) is 11.9 Å². The van der Waals surface area contributed by atoms with Crippen LogP contribution in [0.25, 0.3) is 10.9 Å². The average Bonchev–Trinajstić information content (AvgIpc) is 2.91. The minimum absolute atomic E-state index is 0.244. The van der Waals surface area contributed by atoms with E-state index in [1.807, 2.05) is 37.3 Å². The van der Waals surface area contributed by atoms with E-state index in [0.29, 0.717) is 36.5 Å². The third-order valence-electron chi connectivity index (χ3n) is 5.76. The molecule has 0 spiro atoms. The number of para-hydroxylation sites is 1. The first kappa shape index (κ1) is 25.4. The van der Waals surface area contributed by atoms with E-state index in [0.717, 1.165) is 10.1 Å². The Morgan fingerprint density at radius 2 is 1.49 bits per heavy atom. The lowest BCUT2D eigenvalue weighted by molar-refractivity contribution is -0.121. The molecule has 0 atom stereocenters. The number of ether oxygens (including phenoxy) is 1. The van der Waals surface area contributed by atoms with Crippen LogP contribution in [0.5, 0.6) is 5.75 Å². The fourth-order valence-electron chi connectivity index (χ4n) is 4.00. The molecule has 4 aromatic rings. The molecule has 1 heterocycles. The van der Waals surface area contributed by atoms with Gasteiger partial charge in [0.2, 0.25) is 11.8 Å². The van der Waals surface area contributed by atoms with Crippen LogP contribution in [-0.2, 0) is 29.1 Å². The predicted molar refractivity (Wildman–Crippen MR) is 142 cm³/mol. The summed E-state index contributed by atoms with van der Waals surface area (Å²) >= 11 is 0. The van der Waals surface area contributed by atoms with Crippen molar-refractivity contribution in [3.05, 3.63) is 105 Å². The van der Waals surface area contributed by atoms with Gasteiger partial charge in [-0.1, -0.05) is 42.5 Å². The van der Waals surface area contributed by atoms with Gasteiger partial charge in [-0.25, -0.2) is 4.79 Å². The van der Waals surface area contributed by atoms with Crippen LogP contribution < -0.4 is 26.6 Å². The van der Waals surface area contributed by atoms with Gasteiger partial charge in [0.15, 0.2) is 0 Å². The predicted octanol–water partition coefficient (Wildman–Crippen LogP) is 2.56. The highest BCUT2D eigenvalue weighted by Gasteiger charge is 2.17. The topological polar surface area (TPSA) is 111 Å². The van der Waals surface area contributed by atoms with Crippen molar-refractivity contribution in [1.29, 1.82) is 0 Å². The van der Waals surface area contributed by atoms with Gasteiger partial charge in [-0.3, -0.25) is 23.5 Å². The number of anilines is 1. The molecule has 0 saturated carbocycles. The molecule has 0 aliphatic heterocycles. The molecule has 2 N–H and O–H groups in total. The molecule has 0 unspecified atom stereocenters. The Morgan fingerprint density at radius 3 is 2.22 bits per heavy atom. The Balaban J connectivity index is 1.52. The molecule has 0 aliphatic carbocycles. The monoisotopic (exact) mass is 500 g/mol. The third-order valence-corrected chi connectivity index (χ3v) is 5.76.